The summed E-state index contributed by atoms with van der Waals surface area (Å²) in [7, 11) is 0. The molecular weight excluding hydrogens is 240 g/mol. The van der Waals surface area contributed by atoms with Gasteiger partial charge in [-0.25, -0.2) is 4.98 Å². The standard InChI is InChI=1S/C11H12N2OS2/c1-8-6-13-11(16-8)7-12-10(14)5-9-3-2-4-15-9/h2-4,6H,5,7H2,1H3,(H,12,14). The summed E-state index contributed by atoms with van der Waals surface area (Å²) in [5, 5.41) is 5.80. The van der Waals surface area contributed by atoms with Gasteiger partial charge in [-0.1, -0.05) is 6.07 Å². The number of rotatable bonds is 4. The second-order valence-electron chi connectivity index (χ2n) is 3.40. The molecule has 84 valence electrons. The smallest absolute Gasteiger partial charge is 0.225 e. The highest BCUT2D eigenvalue weighted by Gasteiger charge is 2.05. The first kappa shape index (κ1) is 11.3. The molecule has 2 heterocycles. The van der Waals surface area contributed by atoms with Gasteiger partial charge in [0.05, 0.1) is 13.0 Å². The molecule has 0 bridgehead atoms. The third kappa shape index (κ3) is 3.15. The molecule has 16 heavy (non-hydrogen) atoms. The van der Waals surface area contributed by atoms with E-state index in [0.717, 1.165) is 9.88 Å². The van der Waals surface area contributed by atoms with Crippen LogP contribution in [-0.4, -0.2) is 10.9 Å². The number of thiophene rings is 1. The van der Waals surface area contributed by atoms with Crippen molar-refractivity contribution in [2.45, 2.75) is 19.9 Å². The van der Waals surface area contributed by atoms with Crippen LogP contribution in [0.4, 0.5) is 0 Å². The van der Waals surface area contributed by atoms with Crippen LogP contribution in [0.3, 0.4) is 0 Å². The van der Waals surface area contributed by atoms with E-state index < -0.39 is 0 Å². The first-order valence-electron chi connectivity index (χ1n) is 4.94. The van der Waals surface area contributed by atoms with Gasteiger partial charge >= 0.3 is 0 Å². The molecule has 1 amide bonds. The predicted molar refractivity (Wildman–Crippen MR) is 66.7 cm³/mol. The Kier molecular flexibility index (Phi) is 3.69. The molecule has 3 nitrogen and oxygen atoms in total. The number of amides is 1. The van der Waals surface area contributed by atoms with Crippen molar-refractivity contribution in [3.63, 3.8) is 0 Å². The minimum Gasteiger partial charge on any atom is -0.349 e. The van der Waals surface area contributed by atoms with E-state index >= 15 is 0 Å². The van der Waals surface area contributed by atoms with Crippen molar-refractivity contribution in [3.8, 4) is 0 Å². The monoisotopic (exact) mass is 252 g/mol. The summed E-state index contributed by atoms with van der Waals surface area (Å²) in [6, 6.07) is 3.93. The van der Waals surface area contributed by atoms with Crippen LogP contribution in [0.15, 0.2) is 23.7 Å². The van der Waals surface area contributed by atoms with Crippen LogP contribution in [0.1, 0.15) is 14.8 Å². The molecule has 0 aliphatic carbocycles. The number of hydrogen-bond donors (Lipinski definition) is 1. The lowest BCUT2D eigenvalue weighted by atomic mass is 10.3. The Morgan fingerprint density at radius 1 is 1.56 bits per heavy atom. The molecule has 0 aliphatic heterocycles. The Labute approximate surface area is 102 Å². The van der Waals surface area contributed by atoms with E-state index in [0.29, 0.717) is 13.0 Å². The topological polar surface area (TPSA) is 42.0 Å². The Morgan fingerprint density at radius 3 is 3.06 bits per heavy atom. The van der Waals surface area contributed by atoms with Gasteiger partial charge in [-0.05, 0) is 18.4 Å². The predicted octanol–water partition coefficient (Wildman–Crippen LogP) is 2.37. The summed E-state index contributed by atoms with van der Waals surface area (Å²) in [5.41, 5.74) is 0. The molecule has 0 aliphatic rings. The lowest BCUT2D eigenvalue weighted by Gasteiger charge is -2.00. The van der Waals surface area contributed by atoms with E-state index in [1.54, 1.807) is 22.7 Å². The van der Waals surface area contributed by atoms with Crippen molar-refractivity contribution in [2.75, 3.05) is 0 Å². The number of nitrogens with one attached hydrogen (secondary N) is 1. The number of aromatic nitrogens is 1. The third-order valence-electron chi connectivity index (χ3n) is 2.02. The van der Waals surface area contributed by atoms with Crippen LogP contribution in [0.5, 0.6) is 0 Å². The molecule has 0 atom stereocenters. The van der Waals surface area contributed by atoms with Crippen molar-refractivity contribution in [2.24, 2.45) is 0 Å². The second-order valence-corrected chi connectivity index (χ2v) is 5.75. The van der Waals surface area contributed by atoms with E-state index in [2.05, 4.69) is 10.3 Å². The molecule has 0 aromatic carbocycles. The third-order valence-corrected chi connectivity index (χ3v) is 3.81. The number of thiazole rings is 1. The fraction of sp³-hybridized carbons (Fsp3) is 0.273. The van der Waals surface area contributed by atoms with Gasteiger partial charge in [0.15, 0.2) is 0 Å². The molecule has 2 aromatic heterocycles. The van der Waals surface area contributed by atoms with Gasteiger partial charge in [0.2, 0.25) is 5.91 Å². The molecular formula is C11H12N2OS2. The normalized spacial score (nSPS) is 10.3. The van der Waals surface area contributed by atoms with Crippen molar-refractivity contribution in [3.05, 3.63) is 38.5 Å². The van der Waals surface area contributed by atoms with Gasteiger partial charge in [0.25, 0.3) is 0 Å². The Hall–Kier alpha value is -1.20. The van der Waals surface area contributed by atoms with Crippen LogP contribution in [0.2, 0.25) is 0 Å². The Bertz CT molecular complexity index is 462. The second kappa shape index (κ2) is 5.23. The average molecular weight is 252 g/mol. The van der Waals surface area contributed by atoms with Gasteiger partial charge in [-0.2, -0.15) is 0 Å². The quantitative estimate of drug-likeness (QED) is 0.907. The van der Waals surface area contributed by atoms with Gasteiger partial charge in [-0.15, -0.1) is 22.7 Å². The summed E-state index contributed by atoms with van der Waals surface area (Å²) < 4.78 is 0. The number of nitrogens with zero attached hydrogens (tertiary/aromatic N) is 1. The van der Waals surface area contributed by atoms with E-state index in [1.165, 1.54) is 4.88 Å². The maximum atomic E-state index is 11.6. The molecule has 2 rings (SSSR count). The van der Waals surface area contributed by atoms with Crippen LogP contribution in [0, 0.1) is 6.92 Å². The van der Waals surface area contributed by atoms with Crippen LogP contribution < -0.4 is 5.32 Å². The molecule has 5 heteroatoms. The molecule has 0 unspecified atom stereocenters. The summed E-state index contributed by atoms with van der Waals surface area (Å²) in [5.74, 6) is 0.0512. The van der Waals surface area contributed by atoms with Crippen molar-refractivity contribution < 1.29 is 4.79 Å². The fourth-order valence-electron chi connectivity index (χ4n) is 1.29. The van der Waals surface area contributed by atoms with Crippen LogP contribution in [0.25, 0.3) is 0 Å². The van der Waals surface area contributed by atoms with Crippen molar-refractivity contribution in [1.82, 2.24) is 10.3 Å². The maximum absolute atomic E-state index is 11.6. The zero-order valence-electron chi connectivity index (χ0n) is 8.90. The largest absolute Gasteiger partial charge is 0.349 e. The highest BCUT2D eigenvalue weighted by atomic mass is 32.1. The molecule has 0 spiro atoms. The SMILES string of the molecule is Cc1cnc(CNC(=O)Cc2cccs2)s1. The lowest BCUT2D eigenvalue weighted by molar-refractivity contribution is -0.120. The summed E-state index contributed by atoms with van der Waals surface area (Å²) in [4.78, 5) is 18.0. The first-order chi connectivity index (χ1) is 7.74. The summed E-state index contributed by atoms with van der Waals surface area (Å²) in [6.07, 6.45) is 2.29. The molecule has 0 saturated heterocycles. The van der Waals surface area contributed by atoms with E-state index in [4.69, 9.17) is 0 Å². The van der Waals surface area contributed by atoms with E-state index in [9.17, 15) is 4.79 Å². The Morgan fingerprint density at radius 2 is 2.44 bits per heavy atom. The van der Waals surface area contributed by atoms with E-state index in [-0.39, 0.29) is 5.91 Å². The van der Waals surface area contributed by atoms with Crippen LogP contribution >= 0.6 is 22.7 Å². The number of hydrogen-bond acceptors (Lipinski definition) is 4. The number of aryl methyl sites for hydroxylation is 1. The first-order valence-corrected chi connectivity index (χ1v) is 6.64. The summed E-state index contributed by atoms with van der Waals surface area (Å²) in [6.45, 7) is 2.54. The number of carbonyl (C=O) groups excluding carboxylic acids is 1. The minimum atomic E-state index is 0.0512. The maximum Gasteiger partial charge on any atom is 0.225 e. The molecule has 0 saturated carbocycles. The molecule has 0 radical (unpaired) electrons. The van der Waals surface area contributed by atoms with Gasteiger partial charge < -0.3 is 5.32 Å². The fourth-order valence-corrected chi connectivity index (χ4v) is 2.72. The lowest BCUT2D eigenvalue weighted by Crippen LogP contribution is -2.24. The van der Waals surface area contributed by atoms with Crippen LogP contribution in [-0.2, 0) is 17.8 Å². The number of carbonyl (C=O) groups is 1. The van der Waals surface area contributed by atoms with Crippen molar-refractivity contribution in [1.29, 1.82) is 0 Å². The average Bonchev–Trinajstić information content (AvgIpc) is 2.87. The van der Waals surface area contributed by atoms with Gasteiger partial charge in [0, 0.05) is 16.0 Å². The van der Waals surface area contributed by atoms with Crippen molar-refractivity contribution >= 4 is 28.6 Å². The molecule has 1 N–H and O–H groups in total. The Balaban J connectivity index is 1.80. The highest BCUT2D eigenvalue weighted by molar-refractivity contribution is 7.11. The summed E-state index contributed by atoms with van der Waals surface area (Å²) >= 11 is 3.22. The molecule has 2 aromatic rings. The van der Waals surface area contributed by atoms with E-state index in [1.807, 2.05) is 30.6 Å². The highest BCUT2D eigenvalue weighted by Crippen LogP contribution is 2.11. The van der Waals surface area contributed by atoms with Gasteiger partial charge in [-0.3, -0.25) is 4.79 Å². The zero-order valence-corrected chi connectivity index (χ0v) is 10.5. The zero-order chi connectivity index (χ0) is 11.4. The molecule has 0 fully saturated rings. The minimum absolute atomic E-state index is 0.0512. The van der Waals surface area contributed by atoms with Gasteiger partial charge in [0.1, 0.15) is 5.01 Å².